The fourth-order valence-corrected chi connectivity index (χ4v) is 3.86. The van der Waals surface area contributed by atoms with E-state index in [-0.39, 0.29) is 36.1 Å². The van der Waals surface area contributed by atoms with Gasteiger partial charge in [0, 0.05) is 37.2 Å². The van der Waals surface area contributed by atoms with Crippen LogP contribution >= 0.6 is 0 Å². The van der Waals surface area contributed by atoms with Crippen molar-refractivity contribution in [1.29, 1.82) is 0 Å². The van der Waals surface area contributed by atoms with Crippen LogP contribution < -0.4 is 10.1 Å². The molecule has 2 amide bonds. The van der Waals surface area contributed by atoms with E-state index in [0.717, 1.165) is 38.5 Å². The summed E-state index contributed by atoms with van der Waals surface area (Å²) in [6.45, 7) is 1.09. The van der Waals surface area contributed by atoms with Crippen LogP contribution in [0.2, 0.25) is 0 Å². The van der Waals surface area contributed by atoms with Crippen molar-refractivity contribution in [2.75, 3.05) is 19.7 Å². The number of rotatable bonds is 6. The number of hydrogen-bond acceptors (Lipinski definition) is 5. The molecule has 1 heterocycles. The third-order valence-electron chi connectivity index (χ3n) is 5.58. The van der Waals surface area contributed by atoms with E-state index < -0.39 is 4.92 Å². The summed E-state index contributed by atoms with van der Waals surface area (Å²) in [5.74, 6) is 0.637. The molecule has 1 saturated carbocycles. The summed E-state index contributed by atoms with van der Waals surface area (Å²) < 4.78 is 5.44. The van der Waals surface area contributed by atoms with Crippen molar-refractivity contribution in [3.63, 3.8) is 0 Å². The Morgan fingerprint density at radius 1 is 1.07 bits per heavy atom. The Bertz CT molecular complexity index is 692. The van der Waals surface area contributed by atoms with Gasteiger partial charge in [-0.2, -0.15) is 0 Å². The largest absolute Gasteiger partial charge is 0.484 e. The SMILES string of the molecule is O=C(NC1CCN(C(=O)COc2ccc([N+](=O)[O-])cc2)CC1)C1CCCCC1. The average molecular weight is 389 g/mol. The lowest BCUT2D eigenvalue weighted by Crippen LogP contribution is -2.48. The van der Waals surface area contributed by atoms with Crippen LogP contribution in [0, 0.1) is 16.0 Å². The molecule has 1 saturated heterocycles. The minimum atomic E-state index is -0.480. The number of nitro benzene ring substituents is 1. The van der Waals surface area contributed by atoms with Gasteiger partial charge in [0.2, 0.25) is 5.91 Å². The quantitative estimate of drug-likeness (QED) is 0.595. The maximum atomic E-state index is 12.4. The molecule has 1 aliphatic carbocycles. The highest BCUT2D eigenvalue weighted by atomic mass is 16.6. The first kappa shape index (κ1) is 20.1. The number of carbonyl (C=O) groups is 2. The van der Waals surface area contributed by atoms with Crippen molar-refractivity contribution in [1.82, 2.24) is 10.2 Å². The van der Waals surface area contributed by atoms with Gasteiger partial charge in [0.15, 0.2) is 6.61 Å². The topological polar surface area (TPSA) is 102 Å². The van der Waals surface area contributed by atoms with Gasteiger partial charge in [-0.1, -0.05) is 19.3 Å². The highest BCUT2D eigenvalue weighted by molar-refractivity contribution is 5.79. The number of benzene rings is 1. The summed E-state index contributed by atoms with van der Waals surface area (Å²) in [4.78, 5) is 36.6. The Morgan fingerprint density at radius 3 is 2.32 bits per heavy atom. The van der Waals surface area contributed by atoms with Crippen LogP contribution in [-0.2, 0) is 9.59 Å². The van der Waals surface area contributed by atoms with Crippen molar-refractivity contribution in [2.45, 2.75) is 51.0 Å². The average Bonchev–Trinajstić information content (AvgIpc) is 2.73. The van der Waals surface area contributed by atoms with E-state index in [4.69, 9.17) is 4.74 Å². The van der Waals surface area contributed by atoms with Gasteiger partial charge in [-0.25, -0.2) is 0 Å². The number of carbonyl (C=O) groups excluding carboxylic acids is 2. The molecule has 1 N–H and O–H groups in total. The van der Waals surface area contributed by atoms with Gasteiger partial charge in [-0.05, 0) is 37.8 Å². The molecule has 0 aromatic heterocycles. The van der Waals surface area contributed by atoms with Crippen molar-refractivity contribution < 1.29 is 19.2 Å². The minimum Gasteiger partial charge on any atom is -0.484 e. The van der Waals surface area contributed by atoms with Crippen LogP contribution in [0.3, 0.4) is 0 Å². The summed E-state index contributed by atoms with van der Waals surface area (Å²) in [5.41, 5.74) is -0.0176. The lowest BCUT2D eigenvalue weighted by atomic mass is 9.88. The molecule has 0 bridgehead atoms. The number of amides is 2. The predicted octanol–water partition coefficient (Wildman–Crippen LogP) is 2.66. The first-order valence-electron chi connectivity index (χ1n) is 9.98. The van der Waals surface area contributed by atoms with E-state index in [1.807, 2.05) is 0 Å². The third kappa shape index (κ3) is 5.43. The summed E-state index contributed by atoms with van der Waals surface area (Å²) >= 11 is 0. The Hall–Kier alpha value is -2.64. The predicted molar refractivity (Wildman–Crippen MR) is 103 cm³/mol. The highest BCUT2D eigenvalue weighted by Crippen LogP contribution is 2.24. The molecule has 2 fully saturated rings. The number of nitrogens with one attached hydrogen (secondary N) is 1. The molecule has 1 aromatic rings. The Morgan fingerprint density at radius 2 is 1.71 bits per heavy atom. The van der Waals surface area contributed by atoms with Crippen molar-refractivity contribution in [3.05, 3.63) is 34.4 Å². The van der Waals surface area contributed by atoms with Gasteiger partial charge < -0.3 is 15.0 Å². The van der Waals surface area contributed by atoms with E-state index in [1.54, 1.807) is 4.90 Å². The van der Waals surface area contributed by atoms with E-state index >= 15 is 0 Å². The number of hydrogen-bond donors (Lipinski definition) is 1. The zero-order chi connectivity index (χ0) is 19.9. The summed E-state index contributed by atoms with van der Waals surface area (Å²) in [6, 6.07) is 5.80. The molecule has 0 radical (unpaired) electrons. The van der Waals surface area contributed by atoms with E-state index in [9.17, 15) is 19.7 Å². The molecule has 2 aliphatic rings. The van der Waals surface area contributed by atoms with Crippen LogP contribution in [0.15, 0.2) is 24.3 Å². The lowest BCUT2D eigenvalue weighted by Gasteiger charge is -2.33. The van der Waals surface area contributed by atoms with Gasteiger partial charge >= 0.3 is 0 Å². The van der Waals surface area contributed by atoms with Crippen LogP contribution in [0.1, 0.15) is 44.9 Å². The Kier molecular flexibility index (Phi) is 6.84. The first-order valence-corrected chi connectivity index (χ1v) is 9.98. The number of nitro groups is 1. The Balaban J connectivity index is 1.38. The fourth-order valence-electron chi connectivity index (χ4n) is 3.86. The van der Waals surface area contributed by atoms with Gasteiger partial charge in [0.05, 0.1) is 4.92 Å². The number of nitrogens with zero attached hydrogens (tertiary/aromatic N) is 2. The fraction of sp³-hybridized carbons (Fsp3) is 0.600. The molecule has 152 valence electrons. The van der Waals surface area contributed by atoms with Crippen molar-refractivity contribution >= 4 is 17.5 Å². The van der Waals surface area contributed by atoms with Crippen LogP contribution in [0.5, 0.6) is 5.75 Å². The maximum Gasteiger partial charge on any atom is 0.269 e. The van der Waals surface area contributed by atoms with Crippen LogP contribution in [-0.4, -0.2) is 47.4 Å². The van der Waals surface area contributed by atoms with Crippen LogP contribution in [0.25, 0.3) is 0 Å². The summed E-state index contributed by atoms with van der Waals surface area (Å²) in [5, 5.41) is 13.8. The second kappa shape index (κ2) is 9.52. The van der Waals surface area contributed by atoms with Gasteiger partial charge in [0.1, 0.15) is 5.75 Å². The molecule has 3 rings (SSSR count). The second-order valence-electron chi connectivity index (χ2n) is 7.54. The zero-order valence-electron chi connectivity index (χ0n) is 16.0. The molecular formula is C20H27N3O5. The molecule has 8 heteroatoms. The molecule has 0 spiro atoms. The van der Waals surface area contributed by atoms with E-state index in [2.05, 4.69) is 5.32 Å². The normalized spacial score (nSPS) is 18.5. The van der Waals surface area contributed by atoms with Gasteiger partial charge in [-0.15, -0.1) is 0 Å². The smallest absolute Gasteiger partial charge is 0.269 e. The number of piperidine rings is 1. The van der Waals surface area contributed by atoms with Gasteiger partial charge in [0.25, 0.3) is 11.6 Å². The number of ether oxygens (including phenoxy) is 1. The monoisotopic (exact) mass is 389 g/mol. The van der Waals surface area contributed by atoms with Gasteiger partial charge in [-0.3, -0.25) is 19.7 Å². The minimum absolute atomic E-state index is 0.0176. The standard InChI is InChI=1S/C20H27N3O5/c24-19(14-28-18-8-6-17(7-9-18)23(26)27)22-12-10-16(11-13-22)21-20(25)15-4-2-1-3-5-15/h6-9,15-16H,1-5,10-14H2,(H,21,25). The highest BCUT2D eigenvalue weighted by Gasteiger charge is 2.27. The third-order valence-corrected chi connectivity index (χ3v) is 5.58. The van der Waals surface area contributed by atoms with Crippen molar-refractivity contribution in [3.8, 4) is 5.75 Å². The van der Waals surface area contributed by atoms with Crippen molar-refractivity contribution in [2.24, 2.45) is 5.92 Å². The maximum absolute atomic E-state index is 12.4. The molecule has 1 aromatic carbocycles. The second-order valence-corrected chi connectivity index (χ2v) is 7.54. The van der Waals surface area contributed by atoms with E-state index in [0.29, 0.717) is 18.8 Å². The Labute approximate surface area is 164 Å². The molecular weight excluding hydrogens is 362 g/mol. The zero-order valence-corrected chi connectivity index (χ0v) is 16.0. The summed E-state index contributed by atoms with van der Waals surface area (Å²) in [6.07, 6.45) is 6.99. The first-order chi connectivity index (χ1) is 13.5. The summed E-state index contributed by atoms with van der Waals surface area (Å²) in [7, 11) is 0. The molecule has 1 aliphatic heterocycles. The van der Waals surface area contributed by atoms with E-state index in [1.165, 1.54) is 30.7 Å². The number of non-ortho nitro benzene ring substituents is 1. The molecule has 8 nitrogen and oxygen atoms in total. The van der Waals surface area contributed by atoms with Crippen LogP contribution in [0.4, 0.5) is 5.69 Å². The molecule has 0 unspecified atom stereocenters. The number of likely N-dealkylation sites (tertiary alicyclic amines) is 1. The molecule has 0 atom stereocenters. The molecule has 28 heavy (non-hydrogen) atoms. The lowest BCUT2D eigenvalue weighted by molar-refractivity contribution is -0.384.